The number of carbonyl (C=O) groups excluding carboxylic acids is 1. The molecular formula is C21H35IN4O3. The average Bonchev–Trinajstić information content (AvgIpc) is 2.74. The molecule has 1 amide bonds. The molecule has 8 heteroatoms. The summed E-state index contributed by atoms with van der Waals surface area (Å²) in [5.74, 6) is 0.844. The molecule has 0 atom stereocenters. The van der Waals surface area contributed by atoms with E-state index in [-0.39, 0.29) is 29.9 Å². The monoisotopic (exact) mass is 518 g/mol. The highest BCUT2D eigenvalue weighted by molar-refractivity contribution is 14.0. The first kappa shape index (κ1) is 25.6. The van der Waals surface area contributed by atoms with Gasteiger partial charge in [0, 0.05) is 52.6 Å². The van der Waals surface area contributed by atoms with Gasteiger partial charge in [-0.15, -0.1) is 24.0 Å². The molecule has 0 spiro atoms. The van der Waals surface area contributed by atoms with E-state index in [1.807, 2.05) is 24.3 Å². The number of likely N-dealkylation sites (tertiary alicyclic amines) is 1. The van der Waals surface area contributed by atoms with Crippen molar-refractivity contribution in [3.63, 3.8) is 0 Å². The molecule has 0 aliphatic carbocycles. The number of nitrogens with one attached hydrogen (secondary N) is 2. The fourth-order valence-electron chi connectivity index (χ4n) is 3.23. The number of amides is 1. The van der Waals surface area contributed by atoms with Crippen molar-refractivity contribution in [2.45, 2.75) is 38.8 Å². The molecule has 1 heterocycles. The van der Waals surface area contributed by atoms with Gasteiger partial charge in [0.05, 0.1) is 12.6 Å². The number of nitrogens with zero attached hydrogens (tertiary/aromatic N) is 2. The van der Waals surface area contributed by atoms with Crippen LogP contribution in [0.25, 0.3) is 0 Å². The Labute approximate surface area is 191 Å². The van der Waals surface area contributed by atoms with Crippen molar-refractivity contribution in [3.05, 3.63) is 35.4 Å². The van der Waals surface area contributed by atoms with Crippen LogP contribution in [-0.2, 0) is 16.0 Å². The van der Waals surface area contributed by atoms with Crippen LogP contribution in [0.1, 0.15) is 42.1 Å². The minimum atomic E-state index is -0.0784. The summed E-state index contributed by atoms with van der Waals surface area (Å²) >= 11 is 0. The lowest BCUT2D eigenvalue weighted by Crippen LogP contribution is -2.47. The van der Waals surface area contributed by atoms with Gasteiger partial charge in [-0.25, -0.2) is 4.99 Å². The summed E-state index contributed by atoms with van der Waals surface area (Å²) in [5, 5.41) is 6.04. The number of hydrogen-bond donors (Lipinski definition) is 2. The van der Waals surface area contributed by atoms with E-state index in [4.69, 9.17) is 14.5 Å². The van der Waals surface area contributed by atoms with Crippen molar-refractivity contribution in [1.82, 2.24) is 15.5 Å². The van der Waals surface area contributed by atoms with E-state index < -0.39 is 0 Å². The zero-order valence-electron chi connectivity index (χ0n) is 17.8. The first-order valence-corrected chi connectivity index (χ1v) is 10.1. The first-order chi connectivity index (χ1) is 13.7. The van der Waals surface area contributed by atoms with Crippen LogP contribution >= 0.6 is 24.0 Å². The summed E-state index contributed by atoms with van der Waals surface area (Å²) in [6, 6.07) is 7.61. The van der Waals surface area contributed by atoms with Crippen LogP contribution in [0.4, 0.5) is 0 Å². The quantitative estimate of drug-likeness (QED) is 0.228. The lowest BCUT2D eigenvalue weighted by molar-refractivity contribution is 0.00990. The minimum Gasteiger partial charge on any atom is -0.385 e. The second-order valence-electron chi connectivity index (χ2n) is 6.85. The van der Waals surface area contributed by atoms with Crippen molar-refractivity contribution < 1.29 is 14.3 Å². The van der Waals surface area contributed by atoms with Crippen LogP contribution in [0.5, 0.6) is 0 Å². The molecule has 0 saturated carbocycles. The largest absolute Gasteiger partial charge is 0.385 e. The molecule has 0 aromatic heterocycles. The number of rotatable bonds is 9. The molecule has 2 rings (SSSR count). The Hall–Kier alpha value is -1.39. The molecule has 1 fully saturated rings. The molecule has 1 saturated heterocycles. The molecule has 0 bridgehead atoms. The van der Waals surface area contributed by atoms with Crippen molar-refractivity contribution in [3.8, 4) is 0 Å². The third-order valence-electron chi connectivity index (χ3n) is 4.75. The number of aliphatic imine (C=N–C) groups is 1. The van der Waals surface area contributed by atoms with Gasteiger partial charge in [0.1, 0.15) is 0 Å². The van der Waals surface area contributed by atoms with E-state index in [1.54, 1.807) is 14.2 Å². The molecule has 0 unspecified atom stereocenters. The summed E-state index contributed by atoms with van der Waals surface area (Å²) in [6.45, 7) is 6.81. The van der Waals surface area contributed by atoms with E-state index in [0.29, 0.717) is 18.2 Å². The van der Waals surface area contributed by atoms with E-state index in [2.05, 4.69) is 22.5 Å². The first-order valence-electron chi connectivity index (χ1n) is 10.1. The molecule has 29 heavy (non-hydrogen) atoms. The van der Waals surface area contributed by atoms with Gasteiger partial charge in [-0.05, 0) is 43.9 Å². The number of carbonyl (C=O) groups is 1. The Morgan fingerprint density at radius 3 is 2.69 bits per heavy atom. The van der Waals surface area contributed by atoms with Gasteiger partial charge >= 0.3 is 0 Å². The van der Waals surface area contributed by atoms with Gasteiger partial charge in [-0.3, -0.25) is 4.79 Å². The molecule has 2 N–H and O–H groups in total. The highest BCUT2D eigenvalue weighted by Crippen LogP contribution is 2.15. The molecule has 1 aromatic rings. The van der Waals surface area contributed by atoms with Gasteiger partial charge in [-0.1, -0.05) is 12.1 Å². The van der Waals surface area contributed by atoms with Crippen molar-refractivity contribution >= 4 is 35.8 Å². The molecule has 1 aliphatic heterocycles. The van der Waals surface area contributed by atoms with Crippen molar-refractivity contribution in [2.24, 2.45) is 4.99 Å². The number of methoxy groups -OCH3 is 1. The zero-order valence-corrected chi connectivity index (χ0v) is 20.1. The Morgan fingerprint density at radius 1 is 1.28 bits per heavy atom. The van der Waals surface area contributed by atoms with Crippen LogP contribution < -0.4 is 10.6 Å². The predicted octanol–water partition coefficient (Wildman–Crippen LogP) is 2.65. The second kappa shape index (κ2) is 14.6. The summed E-state index contributed by atoms with van der Waals surface area (Å²) < 4.78 is 11.0. The number of piperidine rings is 1. The third kappa shape index (κ3) is 8.88. The minimum absolute atomic E-state index is 0. The maximum atomic E-state index is 11.8. The summed E-state index contributed by atoms with van der Waals surface area (Å²) in [5.41, 5.74) is 1.68. The lowest BCUT2D eigenvalue weighted by Gasteiger charge is -2.34. The smallest absolute Gasteiger partial charge is 0.251 e. The predicted molar refractivity (Wildman–Crippen MR) is 127 cm³/mol. The maximum Gasteiger partial charge on any atom is 0.251 e. The molecule has 1 aliphatic rings. The Kier molecular flexibility index (Phi) is 12.9. The van der Waals surface area contributed by atoms with E-state index in [1.165, 1.54) is 0 Å². The summed E-state index contributed by atoms with van der Waals surface area (Å²) in [4.78, 5) is 18.9. The standard InChI is InChI=1S/C21H34N4O3.HI/c1-4-23-21(24-16-17-7-5-8-18(15-17)20(26)22-2)25-11-9-19(10-12-25)28-14-6-13-27-3;/h5,7-8,15,19H,4,6,9-14,16H2,1-3H3,(H,22,26)(H,23,24);1H. The number of ether oxygens (including phenoxy) is 2. The maximum absolute atomic E-state index is 11.8. The number of guanidine groups is 1. The van der Waals surface area contributed by atoms with Gasteiger partial charge < -0.3 is 25.0 Å². The Balaban J connectivity index is 0.00000420. The van der Waals surface area contributed by atoms with Gasteiger partial charge in [0.2, 0.25) is 0 Å². The number of hydrogen-bond acceptors (Lipinski definition) is 4. The average molecular weight is 518 g/mol. The SMILES string of the molecule is CCNC(=NCc1cccc(C(=O)NC)c1)N1CCC(OCCCOC)CC1.I. The molecule has 164 valence electrons. The third-order valence-corrected chi connectivity index (χ3v) is 4.75. The van der Waals surface area contributed by atoms with Gasteiger partial charge in [0.15, 0.2) is 5.96 Å². The Bertz CT molecular complexity index is 634. The van der Waals surface area contributed by atoms with Crippen molar-refractivity contribution in [1.29, 1.82) is 0 Å². The summed E-state index contributed by atoms with van der Waals surface area (Å²) in [6.07, 6.45) is 3.27. The van der Waals surface area contributed by atoms with Crippen LogP contribution in [-0.4, -0.2) is 69.9 Å². The molecule has 1 aromatic carbocycles. The number of halogens is 1. The molecule has 0 radical (unpaired) electrons. The zero-order chi connectivity index (χ0) is 20.2. The van der Waals surface area contributed by atoms with Gasteiger partial charge in [0.25, 0.3) is 5.91 Å². The highest BCUT2D eigenvalue weighted by Gasteiger charge is 2.21. The lowest BCUT2D eigenvalue weighted by atomic mass is 10.1. The van der Waals surface area contributed by atoms with Crippen LogP contribution in [0, 0.1) is 0 Å². The highest BCUT2D eigenvalue weighted by atomic mass is 127. The van der Waals surface area contributed by atoms with Crippen molar-refractivity contribution in [2.75, 3.05) is 47.0 Å². The summed E-state index contributed by atoms with van der Waals surface area (Å²) in [7, 11) is 3.36. The Morgan fingerprint density at radius 2 is 2.03 bits per heavy atom. The fraction of sp³-hybridized carbons (Fsp3) is 0.619. The van der Waals surface area contributed by atoms with E-state index in [0.717, 1.165) is 63.6 Å². The van der Waals surface area contributed by atoms with Gasteiger partial charge in [-0.2, -0.15) is 0 Å². The van der Waals surface area contributed by atoms with Crippen LogP contribution in [0.3, 0.4) is 0 Å². The normalized spacial score (nSPS) is 15.0. The van der Waals surface area contributed by atoms with Crippen LogP contribution in [0.2, 0.25) is 0 Å². The van der Waals surface area contributed by atoms with Crippen LogP contribution in [0.15, 0.2) is 29.3 Å². The molecular weight excluding hydrogens is 483 g/mol. The van der Waals surface area contributed by atoms with E-state index >= 15 is 0 Å². The second-order valence-corrected chi connectivity index (χ2v) is 6.85. The fourth-order valence-corrected chi connectivity index (χ4v) is 3.23. The topological polar surface area (TPSA) is 75.2 Å². The molecule has 7 nitrogen and oxygen atoms in total. The van der Waals surface area contributed by atoms with E-state index in [9.17, 15) is 4.79 Å². The number of benzene rings is 1.